The molecule has 0 aliphatic rings. The minimum atomic E-state index is -1.08. The van der Waals surface area contributed by atoms with Crippen molar-refractivity contribution in [2.24, 2.45) is 5.73 Å². The molecule has 5 N–H and O–H groups in total. The van der Waals surface area contributed by atoms with Gasteiger partial charge in [-0.2, -0.15) is 0 Å². The number of amides is 2. The summed E-state index contributed by atoms with van der Waals surface area (Å²) in [7, 11) is 0. The molecule has 0 unspecified atom stereocenters. The third kappa shape index (κ3) is 3.76. The van der Waals surface area contributed by atoms with Crippen molar-refractivity contribution in [1.82, 2.24) is 5.32 Å². The third-order valence-corrected chi connectivity index (χ3v) is 2.08. The smallest absolute Gasteiger partial charge is 0.337 e. The summed E-state index contributed by atoms with van der Waals surface area (Å²) >= 11 is 0. The second-order valence-electron chi connectivity index (χ2n) is 3.52. The van der Waals surface area contributed by atoms with E-state index in [0.29, 0.717) is 13.1 Å². The lowest BCUT2D eigenvalue weighted by Crippen LogP contribution is -2.33. The number of aromatic carboxylic acids is 1. The molecule has 1 aromatic rings. The van der Waals surface area contributed by atoms with Crippen LogP contribution in [0, 0.1) is 6.92 Å². The van der Waals surface area contributed by atoms with Gasteiger partial charge in [0, 0.05) is 13.1 Å². The molecule has 0 fully saturated rings. The topological polar surface area (TPSA) is 104 Å². The van der Waals surface area contributed by atoms with Crippen LogP contribution in [0.2, 0.25) is 0 Å². The van der Waals surface area contributed by atoms with E-state index in [1.807, 2.05) is 0 Å². The lowest BCUT2D eigenvalue weighted by Gasteiger charge is -2.09. The molecule has 6 nitrogen and oxygen atoms in total. The molecular weight excluding hydrogens is 222 g/mol. The quantitative estimate of drug-likeness (QED) is 0.620. The molecule has 0 atom stereocenters. The summed E-state index contributed by atoms with van der Waals surface area (Å²) in [5.41, 5.74) is 6.37. The summed E-state index contributed by atoms with van der Waals surface area (Å²) in [6.45, 7) is 2.44. The first-order chi connectivity index (χ1) is 8.04. The Morgan fingerprint density at radius 3 is 2.71 bits per heavy atom. The van der Waals surface area contributed by atoms with Crippen molar-refractivity contribution in [2.75, 3.05) is 18.4 Å². The lowest BCUT2D eigenvalue weighted by atomic mass is 10.1. The Kier molecular flexibility index (Phi) is 4.47. The predicted molar refractivity (Wildman–Crippen MR) is 64.2 cm³/mol. The van der Waals surface area contributed by atoms with Gasteiger partial charge in [-0.15, -0.1) is 0 Å². The molecule has 1 aromatic carbocycles. The number of hydrogen-bond donors (Lipinski definition) is 4. The normalized spacial score (nSPS) is 9.76. The van der Waals surface area contributed by atoms with E-state index >= 15 is 0 Å². The molecule has 0 heterocycles. The number of carboxylic acids is 1. The molecule has 0 saturated heterocycles. The van der Waals surface area contributed by atoms with Crippen LogP contribution in [0.4, 0.5) is 10.5 Å². The maximum atomic E-state index is 11.4. The van der Waals surface area contributed by atoms with E-state index < -0.39 is 12.0 Å². The maximum absolute atomic E-state index is 11.4. The van der Waals surface area contributed by atoms with E-state index in [-0.39, 0.29) is 11.3 Å². The van der Waals surface area contributed by atoms with Crippen molar-refractivity contribution in [3.05, 3.63) is 29.3 Å². The fourth-order valence-electron chi connectivity index (χ4n) is 1.30. The van der Waals surface area contributed by atoms with Crippen LogP contribution in [0.1, 0.15) is 15.9 Å². The zero-order valence-electron chi connectivity index (χ0n) is 9.49. The Morgan fingerprint density at radius 1 is 1.41 bits per heavy atom. The molecule has 0 spiro atoms. The largest absolute Gasteiger partial charge is 0.478 e. The summed E-state index contributed by atoms with van der Waals surface area (Å²) in [6, 6.07) is 4.31. The maximum Gasteiger partial charge on any atom is 0.337 e. The third-order valence-electron chi connectivity index (χ3n) is 2.08. The van der Waals surface area contributed by atoms with Gasteiger partial charge >= 0.3 is 12.0 Å². The standard InChI is InChI=1S/C11H15N3O3/c1-7-2-3-9(8(6-7)10(15)16)14-11(17)13-5-4-12/h2-3,6H,4-5,12H2,1H3,(H,15,16)(H2,13,14,17). The minimum Gasteiger partial charge on any atom is -0.478 e. The zero-order chi connectivity index (χ0) is 12.8. The van der Waals surface area contributed by atoms with E-state index in [1.54, 1.807) is 19.1 Å². The highest BCUT2D eigenvalue weighted by Crippen LogP contribution is 2.17. The van der Waals surface area contributed by atoms with Gasteiger partial charge in [0.2, 0.25) is 0 Å². The average molecular weight is 237 g/mol. The highest BCUT2D eigenvalue weighted by atomic mass is 16.4. The number of urea groups is 1. The van der Waals surface area contributed by atoms with Gasteiger partial charge in [0.25, 0.3) is 0 Å². The van der Waals surface area contributed by atoms with Crippen molar-refractivity contribution in [3.63, 3.8) is 0 Å². The highest BCUT2D eigenvalue weighted by Gasteiger charge is 2.12. The second-order valence-corrected chi connectivity index (χ2v) is 3.52. The van der Waals surface area contributed by atoms with E-state index in [9.17, 15) is 9.59 Å². The van der Waals surface area contributed by atoms with Crippen LogP contribution in [0.25, 0.3) is 0 Å². The van der Waals surface area contributed by atoms with Gasteiger partial charge < -0.3 is 21.5 Å². The Hall–Kier alpha value is -2.08. The van der Waals surface area contributed by atoms with Gasteiger partial charge in [-0.3, -0.25) is 0 Å². The van der Waals surface area contributed by atoms with E-state index in [1.165, 1.54) is 6.07 Å². The number of carbonyl (C=O) groups is 2. The van der Waals surface area contributed by atoms with Crippen molar-refractivity contribution < 1.29 is 14.7 Å². The lowest BCUT2D eigenvalue weighted by molar-refractivity contribution is 0.0698. The van der Waals surface area contributed by atoms with Crippen molar-refractivity contribution in [3.8, 4) is 0 Å². The Labute approximate surface area is 98.8 Å². The van der Waals surface area contributed by atoms with Crippen LogP contribution < -0.4 is 16.4 Å². The number of hydrogen-bond acceptors (Lipinski definition) is 3. The number of nitrogens with one attached hydrogen (secondary N) is 2. The molecule has 0 aliphatic carbocycles. The Balaban J connectivity index is 2.83. The highest BCUT2D eigenvalue weighted by molar-refractivity contribution is 6.00. The average Bonchev–Trinajstić information content (AvgIpc) is 2.28. The first-order valence-electron chi connectivity index (χ1n) is 5.13. The number of carboxylic acid groups (broad SMARTS) is 1. The zero-order valence-corrected chi connectivity index (χ0v) is 9.49. The van der Waals surface area contributed by atoms with E-state index in [4.69, 9.17) is 10.8 Å². The van der Waals surface area contributed by atoms with Gasteiger partial charge in [0.05, 0.1) is 11.3 Å². The number of aryl methyl sites for hydroxylation is 1. The second kappa shape index (κ2) is 5.86. The number of anilines is 1. The van der Waals surface area contributed by atoms with Crippen LogP contribution in [0.15, 0.2) is 18.2 Å². The molecule has 0 aliphatic heterocycles. The summed E-state index contributed by atoms with van der Waals surface area (Å²) in [4.78, 5) is 22.3. The molecule has 0 radical (unpaired) electrons. The molecule has 2 amide bonds. The van der Waals surface area contributed by atoms with Crippen LogP contribution in [0.3, 0.4) is 0 Å². The van der Waals surface area contributed by atoms with Crippen molar-refractivity contribution in [2.45, 2.75) is 6.92 Å². The van der Waals surface area contributed by atoms with Crippen molar-refractivity contribution in [1.29, 1.82) is 0 Å². The van der Waals surface area contributed by atoms with Crippen LogP contribution in [0.5, 0.6) is 0 Å². The van der Waals surface area contributed by atoms with Gasteiger partial charge in [0.15, 0.2) is 0 Å². The Morgan fingerprint density at radius 2 is 2.12 bits per heavy atom. The molecule has 17 heavy (non-hydrogen) atoms. The van der Waals surface area contributed by atoms with Crippen molar-refractivity contribution >= 4 is 17.7 Å². The summed E-state index contributed by atoms with van der Waals surface area (Å²) in [5.74, 6) is -1.08. The summed E-state index contributed by atoms with van der Waals surface area (Å²) in [6.07, 6.45) is 0. The fraction of sp³-hybridized carbons (Fsp3) is 0.273. The molecule has 92 valence electrons. The number of benzene rings is 1. The fourth-order valence-corrected chi connectivity index (χ4v) is 1.30. The van der Waals surface area contributed by atoms with Gasteiger partial charge in [0.1, 0.15) is 0 Å². The first-order valence-corrected chi connectivity index (χ1v) is 5.13. The van der Waals surface area contributed by atoms with Gasteiger partial charge in [-0.1, -0.05) is 11.6 Å². The molecule has 0 bridgehead atoms. The molecule has 0 saturated carbocycles. The summed E-state index contributed by atoms with van der Waals surface area (Å²) in [5, 5.41) is 13.9. The number of carbonyl (C=O) groups excluding carboxylic acids is 1. The predicted octanol–water partition coefficient (Wildman–Crippen LogP) is 0.773. The monoisotopic (exact) mass is 237 g/mol. The van der Waals surface area contributed by atoms with Gasteiger partial charge in [-0.25, -0.2) is 9.59 Å². The minimum absolute atomic E-state index is 0.0629. The molecule has 0 aromatic heterocycles. The van der Waals surface area contributed by atoms with E-state index in [2.05, 4.69) is 10.6 Å². The molecule has 6 heteroatoms. The summed E-state index contributed by atoms with van der Waals surface area (Å²) < 4.78 is 0. The van der Waals surface area contributed by atoms with Gasteiger partial charge in [-0.05, 0) is 19.1 Å². The van der Waals surface area contributed by atoms with Crippen LogP contribution >= 0.6 is 0 Å². The molecular formula is C11H15N3O3. The Bertz CT molecular complexity index is 432. The van der Waals surface area contributed by atoms with Crippen LogP contribution in [-0.4, -0.2) is 30.2 Å². The van der Waals surface area contributed by atoms with Crippen LogP contribution in [-0.2, 0) is 0 Å². The number of nitrogens with two attached hydrogens (primary N) is 1. The SMILES string of the molecule is Cc1ccc(NC(=O)NCCN)c(C(=O)O)c1. The first kappa shape index (κ1) is 13.0. The number of rotatable bonds is 4. The molecule has 1 rings (SSSR count). The van der Waals surface area contributed by atoms with E-state index in [0.717, 1.165) is 5.56 Å².